The van der Waals surface area contributed by atoms with Crippen LogP contribution in [0.5, 0.6) is 0 Å². The lowest BCUT2D eigenvalue weighted by Gasteiger charge is -2.28. The van der Waals surface area contributed by atoms with Gasteiger partial charge in [-0.15, -0.1) is 0 Å². The maximum atomic E-state index is 5.53. The van der Waals surface area contributed by atoms with Crippen LogP contribution < -0.4 is 5.32 Å². The predicted octanol–water partition coefficient (Wildman–Crippen LogP) is 3.11. The molecule has 1 saturated carbocycles. The van der Waals surface area contributed by atoms with E-state index in [1.807, 2.05) is 0 Å². The summed E-state index contributed by atoms with van der Waals surface area (Å²) in [5.74, 6) is 0. The van der Waals surface area contributed by atoms with E-state index in [1.165, 1.54) is 44.9 Å². The summed E-state index contributed by atoms with van der Waals surface area (Å²) in [6, 6.07) is 1.37. The van der Waals surface area contributed by atoms with E-state index in [1.54, 1.807) is 0 Å². The van der Waals surface area contributed by atoms with Crippen LogP contribution in [0.3, 0.4) is 0 Å². The largest absolute Gasteiger partial charge is 0.380 e. The molecule has 0 aromatic rings. The molecule has 1 aliphatic heterocycles. The highest BCUT2D eigenvalue weighted by Crippen LogP contribution is 2.33. The number of ether oxygens (including phenoxy) is 1. The van der Waals surface area contributed by atoms with E-state index < -0.39 is 0 Å². The minimum Gasteiger partial charge on any atom is -0.380 e. The monoisotopic (exact) mass is 225 g/mol. The van der Waals surface area contributed by atoms with Gasteiger partial charge in [0.05, 0.1) is 6.61 Å². The molecule has 1 aliphatic carbocycles. The fourth-order valence-electron chi connectivity index (χ4n) is 3.03. The summed E-state index contributed by atoms with van der Waals surface area (Å²) < 4.78 is 5.53. The average Bonchev–Trinajstić information content (AvgIpc) is 2.42. The molecule has 16 heavy (non-hydrogen) atoms. The number of hydrogen-bond acceptors (Lipinski definition) is 2. The molecule has 0 radical (unpaired) electrons. The molecular weight excluding hydrogens is 198 g/mol. The molecule has 0 aromatic carbocycles. The van der Waals surface area contributed by atoms with Crippen molar-refractivity contribution in [2.24, 2.45) is 5.41 Å². The second-order valence-electron chi connectivity index (χ2n) is 6.37. The highest BCUT2D eigenvalue weighted by molar-refractivity contribution is 4.82. The third-order valence-corrected chi connectivity index (χ3v) is 4.21. The molecule has 0 bridgehead atoms. The molecule has 2 unspecified atom stereocenters. The fraction of sp³-hybridized carbons (Fsp3) is 1.00. The summed E-state index contributed by atoms with van der Waals surface area (Å²) in [6.07, 6.45) is 9.40. The van der Waals surface area contributed by atoms with Gasteiger partial charge in [-0.1, -0.05) is 20.3 Å². The van der Waals surface area contributed by atoms with Gasteiger partial charge in [-0.3, -0.25) is 0 Å². The van der Waals surface area contributed by atoms with E-state index >= 15 is 0 Å². The van der Waals surface area contributed by atoms with Crippen molar-refractivity contribution in [3.8, 4) is 0 Å². The Morgan fingerprint density at radius 2 is 1.81 bits per heavy atom. The van der Waals surface area contributed by atoms with E-state index in [4.69, 9.17) is 4.74 Å². The quantitative estimate of drug-likeness (QED) is 0.729. The van der Waals surface area contributed by atoms with E-state index in [9.17, 15) is 0 Å². The van der Waals surface area contributed by atoms with Crippen molar-refractivity contribution in [2.45, 2.75) is 70.9 Å². The van der Waals surface area contributed by atoms with Gasteiger partial charge < -0.3 is 10.1 Å². The molecule has 0 spiro atoms. The highest BCUT2D eigenvalue weighted by Gasteiger charge is 2.26. The molecule has 0 amide bonds. The van der Waals surface area contributed by atoms with Gasteiger partial charge in [0, 0.05) is 18.7 Å². The Morgan fingerprint density at radius 3 is 2.56 bits per heavy atom. The van der Waals surface area contributed by atoms with Crippen molar-refractivity contribution in [1.29, 1.82) is 0 Å². The van der Waals surface area contributed by atoms with E-state index in [0.717, 1.165) is 19.3 Å². The van der Waals surface area contributed by atoms with Gasteiger partial charge in [0.15, 0.2) is 0 Å². The lowest BCUT2D eigenvalue weighted by Crippen LogP contribution is -2.43. The smallest absolute Gasteiger partial charge is 0.0619 e. The van der Waals surface area contributed by atoms with Crippen molar-refractivity contribution in [3.05, 3.63) is 0 Å². The molecule has 2 atom stereocenters. The highest BCUT2D eigenvalue weighted by atomic mass is 16.5. The summed E-state index contributed by atoms with van der Waals surface area (Å²) >= 11 is 0. The molecular formula is C14H27NO. The lowest BCUT2D eigenvalue weighted by atomic mass is 9.85. The topological polar surface area (TPSA) is 21.3 Å². The summed E-state index contributed by atoms with van der Waals surface area (Å²) in [6.45, 7) is 6.73. The molecule has 2 heteroatoms. The van der Waals surface area contributed by atoms with Crippen molar-refractivity contribution >= 4 is 0 Å². The van der Waals surface area contributed by atoms with Gasteiger partial charge in [0.2, 0.25) is 0 Å². The van der Waals surface area contributed by atoms with Crippen molar-refractivity contribution in [1.82, 2.24) is 5.32 Å². The molecule has 1 heterocycles. The normalized spacial score (nSPS) is 35.6. The average molecular weight is 225 g/mol. The maximum Gasteiger partial charge on any atom is 0.0619 e. The molecule has 0 aromatic heterocycles. The summed E-state index contributed by atoms with van der Waals surface area (Å²) in [7, 11) is 0. The third-order valence-electron chi connectivity index (χ3n) is 4.21. The van der Waals surface area contributed by atoms with Crippen LogP contribution in [0.4, 0.5) is 0 Å². The van der Waals surface area contributed by atoms with Gasteiger partial charge in [-0.05, 0) is 43.9 Å². The summed E-state index contributed by atoms with van der Waals surface area (Å²) in [4.78, 5) is 0. The molecule has 1 saturated heterocycles. The number of rotatable bonds is 2. The van der Waals surface area contributed by atoms with E-state index in [0.29, 0.717) is 11.5 Å². The zero-order valence-electron chi connectivity index (χ0n) is 10.9. The van der Waals surface area contributed by atoms with Crippen LogP contribution in [-0.4, -0.2) is 25.3 Å². The fourth-order valence-corrected chi connectivity index (χ4v) is 3.03. The first-order valence-electron chi connectivity index (χ1n) is 6.99. The molecule has 1 N–H and O–H groups in total. The van der Waals surface area contributed by atoms with Crippen LogP contribution in [0.15, 0.2) is 0 Å². The van der Waals surface area contributed by atoms with Gasteiger partial charge in [-0.2, -0.15) is 0 Å². The number of hydrogen-bond donors (Lipinski definition) is 1. The zero-order valence-corrected chi connectivity index (χ0v) is 10.9. The Kier molecular flexibility index (Phi) is 4.26. The minimum atomic E-state index is 0.569. The maximum absolute atomic E-state index is 5.53. The van der Waals surface area contributed by atoms with Crippen LogP contribution >= 0.6 is 0 Å². The number of nitrogens with one attached hydrogen (secondary N) is 1. The van der Waals surface area contributed by atoms with E-state index in [-0.39, 0.29) is 0 Å². The molecule has 2 rings (SSSR count). The summed E-state index contributed by atoms with van der Waals surface area (Å²) in [5, 5.41) is 3.81. The van der Waals surface area contributed by atoms with Crippen LogP contribution in [0.1, 0.15) is 58.8 Å². The second-order valence-corrected chi connectivity index (χ2v) is 6.37. The third kappa shape index (κ3) is 3.74. The zero-order chi connectivity index (χ0) is 11.4. The van der Waals surface area contributed by atoms with Gasteiger partial charge in [-0.25, -0.2) is 0 Å². The van der Waals surface area contributed by atoms with E-state index in [2.05, 4.69) is 19.2 Å². The first-order valence-corrected chi connectivity index (χ1v) is 6.99. The molecule has 2 aliphatic rings. The van der Waals surface area contributed by atoms with Crippen molar-refractivity contribution in [3.63, 3.8) is 0 Å². The molecule has 2 fully saturated rings. The second kappa shape index (κ2) is 5.50. The van der Waals surface area contributed by atoms with Crippen LogP contribution in [0, 0.1) is 5.41 Å². The van der Waals surface area contributed by atoms with Crippen LogP contribution in [0.2, 0.25) is 0 Å². The van der Waals surface area contributed by atoms with Crippen LogP contribution in [0.25, 0.3) is 0 Å². The predicted molar refractivity (Wildman–Crippen MR) is 67.6 cm³/mol. The Morgan fingerprint density at radius 1 is 1.00 bits per heavy atom. The van der Waals surface area contributed by atoms with Gasteiger partial charge in [0.25, 0.3) is 0 Å². The lowest BCUT2D eigenvalue weighted by molar-refractivity contribution is 0.0654. The van der Waals surface area contributed by atoms with Crippen molar-refractivity contribution in [2.75, 3.05) is 13.2 Å². The first kappa shape index (κ1) is 12.4. The SMILES string of the molecule is CC1(C)CCCC(NC2CCCOC2)CC1. The Hall–Kier alpha value is -0.0800. The van der Waals surface area contributed by atoms with Gasteiger partial charge in [0.1, 0.15) is 0 Å². The Balaban J connectivity index is 1.76. The molecule has 94 valence electrons. The van der Waals surface area contributed by atoms with Crippen LogP contribution in [-0.2, 0) is 4.74 Å². The van der Waals surface area contributed by atoms with Crippen molar-refractivity contribution < 1.29 is 4.74 Å². The van der Waals surface area contributed by atoms with Gasteiger partial charge >= 0.3 is 0 Å². The Bertz CT molecular complexity index is 209. The first-order chi connectivity index (χ1) is 7.66. The Labute approximate surface area is 100 Å². The standard InChI is InChI=1S/C14H27NO/c1-14(2)8-3-5-12(7-9-14)15-13-6-4-10-16-11-13/h12-13,15H,3-11H2,1-2H3. The minimum absolute atomic E-state index is 0.569. The molecule has 2 nitrogen and oxygen atoms in total. The summed E-state index contributed by atoms with van der Waals surface area (Å²) in [5.41, 5.74) is 0.569.